The Kier molecular flexibility index (Phi) is 4.29. The number of hydrogen-bond acceptors (Lipinski definition) is 7. The van der Waals surface area contributed by atoms with E-state index >= 15 is 0 Å². The lowest BCUT2D eigenvalue weighted by atomic mass is 9.95. The second-order valence-electron chi connectivity index (χ2n) is 7.58. The highest BCUT2D eigenvalue weighted by Gasteiger charge is 2.39. The number of carbonyl (C=O) groups excluding carboxylic acids is 1. The fraction of sp³-hybridized carbons (Fsp3) is 0.500. The zero-order chi connectivity index (χ0) is 19.1. The number of amides is 1. The zero-order valence-electron chi connectivity index (χ0n) is 15.7. The first-order chi connectivity index (χ1) is 13.7. The van der Waals surface area contributed by atoms with Crippen molar-refractivity contribution in [1.82, 2.24) is 45.9 Å². The van der Waals surface area contributed by atoms with Crippen molar-refractivity contribution in [1.29, 1.82) is 0 Å². The lowest BCUT2D eigenvalue weighted by Crippen LogP contribution is -2.45. The Hall–Kier alpha value is -2.85. The zero-order valence-corrected chi connectivity index (χ0v) is 15.7. The summed E-state index contributed by atoms with van der Waals surface area (Å²) in [6.45, 7) is 4.07. The van der Waals surface area contributed by atoms with Crippen molar-refractivity contribution in [3.8, 4) is 0 Å². The molecule has 3 N–H and O–H groups in total. The molecule has 4 heterocycles. The molecule has 0 aliphatic carbocycles. The van der Waals surface area contributed by atoms with Gasteiger partial charge in [-0.05, 0) is 41.8 Å². The van der Waals surface area contributed by atoms with Crippen LogP contribution in [0.2, 0.25) is 0 Å². The lowest BCUT2D eigenvalue weighted by Gasteiger charge is -2.34. The van der Waals surface area contributed by atoms with Crippen LogP contribution in [-0.2, 0) is 4.79 Å². The molecule has 0 radical (unpaired) electrons. The van der Waals surface area contributed by atoms with Crippen molar-refractivity contribution in [3.63, 3.8) is 0 Å². The number of carbonyl (C=O) groups is 1. The SMILES string of the molecule is Cc1cccc2[nH]c(C3CCCN(C(=O)C4CNNC4n4cnnn4)C3)nc12. The van der Waals surface area contributed by atoms with Gasteiger partial charge in [0, 0.05) is 25.6 Å². The van der Waals surface area contributed by atoms with E-state index in [1.807, 2.05) is 11.0 Å². The van der Waals surface area contributed by atoms with Gasteiger partial charge < -0.3 is 9.88 Å². The minimum atomic E-state index is -0.281. The molecule has 2 aliphatic heterocycles. The van der Waals surface area contributed by atoms with Crippen LogP contribution in [0.15, 0.2) is 24.5 Å². The van der Waals surface area contributed by atoms with Crippen molar-refractivity contribution < 1.29 is 4.79 Å². The smallest absolute Gasteiger partial charge is 0.230 e. The van der Waals surface area contributed by atoms with E-state index in [-0.39, 0.29) is 23.9 Å². The molecular weight excluding hydrogens is 358 g/mol. The molecular formula is C18H23N9O. The summed E-state index contributed by atoms with van der Waals surface area (Å²) in [5.74, 6) is 1.06. The molecule has 0 spiro atoms. The maximum absolute atomic E-state index is 13.2. The van der Waals surface area contributed by atoms with Crippen LogP contribution in [0.4, 0.5) is 0 Å². The summed E-state index contributed by atoms with van der Waals surface area (Å²) in [5, 5.41) is 11.3. The van der Waals surface area contributed by atoms with E-state index in [0.717, 1.165) is 41.8 Å². The highest BCUT2D eigenvalue weighted by molar-refractivity contribution is 5.80. The Labute approximate surface area is 161 Å². The van der Waals surface area contributed by atoms with Gasteiger partial charge in [0.2, 0.25) is 5.91 Å². The van der Waals surface area contributed by atoms with E-state index < -0.39 is 0 Å². The summed E-state index contributed by atoms with van der Waals surface area (Å²) in [5.41, 5.74) is 9.40. The van der Waals surface area contributed by atoms with Crippen molar-refractivity contribution >= 4 is 16.9 Å². The number of aromatic amines is 1. The molecule has 3 aromatic rings. The van der Waals surface area contributed by atoms with Gasteiger partial charge in [-0.15, -0.1) is 5.10 Å². The van der Waals surface area contributed by atoms with Crippen LogP contribution in [0.25, 0.3) is 11.0 Å². The van der Waals surface area contributed by atoms with Gasteiger partial charge in [-0.3, -0.25) is 10.2 Å². The van der Waals surface area contributed by atoms with Crippen LogP contribution in [0.1, 0.15) is 36.3 Å². The number of aryl methyl sites for hydroxylation is 1. The minimum Gasteiger partial charge on any atom is -0.342 e. The monoisotopic (exact) mass is 381 g/mol. The number of nitrogens with one attached hydrogen (secondary N) is 3. The fourth-order valence-electron chi connectivity index (χ4n) is 4.28. The second kappa shape index (κ2) is 6.95. The van der Waals surface area contributed by atoms with E-state index in [1.54, 1.807) is 4.68 Å². The Balaban J connectivity index is 1.35. The molecule has 10 heteroatoms. The molecule has 0 bridgehead atoms. The van der Waals surface area contributed by atoms with Gasteiger partial charge in [-0.1, -0.05) is 12.1 Å². The number of aromatic nitrogens is 6. The Morgan fingerprint density at radius 2 is 2.25 bits per heavy atom. The number of fused-ring (bicyclic) bond motifs is 1. The first kappa shape index (κ1) is 17.3. The lowest BCUT2D eigenvalue weighted by molar-refractivity contribution is -0.137. The van der Waals surface area contributed by atoms with Crippen LogP contribution >= 0.6 is 0 Å². The molecule has 2 aliphatic rings. The number of hydrazine groups is 1. The maximum atomic E-state index is 13.2. The van der Waals surface area contributed by atoms with Crippen LogP contribution in [0.5, 0.6) is 0 Å². The minimum absolute atomic E-state index is 0.120. The van der Waals surface area contributed by atoms with E-state index in [2.05, 4.69) is 50.4 Å². The topological polar surface area (TPSA) is 117 Å². The molecule has 2 saturated heterocycles. The first-order valence-electron chi connectivity index (χ1n) is 9.65. The highest BCUT2D eigenvalue weighted by Crippen LogP contribution is 2.30. The quantitative estimate of drug-likeness (QED) is 0.604. The standard InChI is InChI=1S/C18H23N9O/c1-11-4-2-6-14-15(11)22-16(21-14)12-5-3-7-26(9-12)18(28)13-8-19-23-17(13)27-10-20-24-25-27/h2,4,6,10,12-13,17,19,23H,3,5,7-9H2,1H3,(H,21,22). The van der Waals surface area contributed by atoms with E-state index in [1.165, 1.54) is 6.33 Å². The second-order valence-corrected chi connectivity index (χ2v) is 7.58. The number of nitrogens with zero attached hydrogens (tertiary/aromatic N) is 6. The van der Waals surface area contributed by atoms with Crippen LogP contribution in [0, 0.1) is 12.8 Å². The predicted molar refractivity (Wildman–Crippen MR) is 101 cm³/mol. The highest BCUT2D eigenvalue weighted by atomic mass is 16.2. The van der Waals surface area contributed by atoms with Gasteiger partial charge in [-0.2, -0.15) is 0 Å². The predicted octanol–water partition coefficient (Wildman–Crippen LogP) is 0.487. The normalized spacial score (nSPS) is 25.5. The van der Waals surface area contributed by atoms with E-state index in [4.69, 9.17) is 4.98 Å². The average molecular weight is 381 g/mol. The van der Waals surface area contributed by atoms with Gasteiger partial charge in [0.25, 0.3) is 0 Å². The van der Waals surface area contributed by atoms with Crippen molar-refractivity contribution in [2.45, 2.75) is 31.8 Å². The van der Waals surface area contributed by atoms with Crippen molar-refractivity contribution in [2.75, 3.05) is 19.6 Å². The summed E-state index contributed by atoms with van der Waals surface area (Å²) in [6, 6.07) is 6.16. The summed E-state index contributed by atoms with van der Waals surface area (Å²) in [4.78, 5) is 23.5. The van der Waals surface area contributed by atoms with Crippen LogP contribution < -0.4 is 10.9 Å². The summed E-state index contributed by atoms with van der Waals surface area (Å²) >= 11 is 0. The number of likely N-dealkylation sites (tertiary alicyclic amines) is 1. The van der Waals surface area contributed by atoms with E-state index in [9.17, 15) is 4.79 Å². The molecule has 28 heavy (non-hydrogen) atoms. The third kappa shape index (κ3) is 2.94. The van der Waals surface area contributed by atoms with Gasteiger partial charge in [0.1, 0.15) is 18.3 Å². The van der Waals surface area contributed by atoms with Crippen LogP contribution in [-0.4, -0.2) is 60.6 Å². The summed E-state index contributed by atoms with van der Waals surface area (Å²) in [6.07, 6.45) is 3.24. The molecule has 1 amide bonds. The van der Waals surface area contributed by atoms with Crippen molar-refractivity contribution in [3.05, 3.63) is 35.9 Å². The number of para-hydroxylation sites is 1. The average Bonchev–Trinajstić information content (AvgIpc) is 3.47. The maximum Gasteiger partial charge on any atom is 0.230 e. The third-order valence-electron chi connectivity index (χ3n) is 5.77. The third-order valence-corrected chi connectivity index (χ3v) is 5.77. The Morgan fingerprint density at radius 1 is 1.32 bits per heavy atom. The number of tetrazole rings is 1. The number of benzene rings is 1. The molecule has 0 saturated carbocycles. The van der Waals surface area contributed by atoms with Crippen molar-refractivity contribution in [2.24, 2.45) is 5.92 Å². The molecule has 2 aromatic heterocycles. The molecule has 2 fully saturated rings. The van der Waals surface area contributed by atoms with Gasteiger partial charge in [0.15, 0.2) is 0 Å². The molecule has 3 atom stereocenters. The molecule has 10 nitrogen and oxygen atoms in total. The Morgan fingerprint density at radius 3 is 3.07 bits per heavy atom. The number of H-pyrrole nitrogens is 1. The van der Waals surface area contributed by atoms with E-state index in [0.29, 0.717) is 13.1 Å². The number of hydrogen-bond donors (Lipinski definition) is 3. The molecule has 3 unspecified atom stereocenters. The summed E-state index contributed by atoms with van der Waals surface area (Å²) < 4.78 is 1.59. The number of piperidine rings is 1. The molecule has 146 valence electrons. The van der Waals surface area contributed by atoms with Gasteiger partial charge in [-0.25, -0.2) is 15.1 Å². The summed E-state index contributed by atoms with van der Waals surface area (Å²) in [7, 11) is 0. The number of rotatable bonds is 3. The Bertz CT molecular complexity index is 982. The molecule has 1 aromatic carbocycles. The fourth-order valence-corrected chi connectivity index (χ4v) is 4.28. The van der Waals surface area contributed by atoms with Gasteiger partial charge >= 0.3 is 0 Å². The van der Waals surface area contributed by atoms with Gasteiger partial charge in [0.05, 0.1) is 17.0 Å². The number of imidazole rings is 1. The largest absolute Gasteiger partial charge is 0.342 e. The van der Waals surface area contributed by atoms with Crippen LogP contribution in [0.3, 0.4) is 0 Å². The molecule has 5 rings (SSSR count). The first-order valence-corrected chi connectivity index (χ1v) is 9.65.